The first-order valence-electron chi connectivity index (χ1n) is 8.66. The topological polar surface area (TPSA) is 67.8 Å². The molecular weight excluding hydrogens is 362 g/mol. The Morgan fingerprint density at radius 3 is 2.82 bits per heavy atom. The first kappa shape index (κ1) is 16.6. The fourth-order valence-electron chi connectivity index (χ4n) is 3.34. The van der Waals surface area contributed by atoms with Gasteiger partial charge in [0.1, 0.15) is 11.8 Å². The second-order valence-electron chi connectivity index (χ2n) is 6.65. The smallest absolute Gasteiger partial charge is 0.275 e. The van der Waals surface area contributed by atoms with Gasteiger partial charge in [0.2, 0.25) is 0 Å². The van der Waals surface area contributed by atoms with Gasteiger partial charge < -0.3 is 0 Å². The zero-order valence-electron chi connectivity index (χ0n) is 14.8. The lowest BCUT2D eigenvalue weighted by Crippen LogP contribution is -2.38. The van der Waals surface area contributed by atoms with Crippen LogP contribution < -0.4 is 0 Å². The zero-order valence-corrected chi connectivity index (χ0v) is 14.8. The molecule has 0 aliphatic carbocycles. The number of rotatable bonds is 3. The largest absolute Gasteiger partial charge is 0.315 e. The fraction of sp³-hybridized carbons (Fsp3) is 0.150. The molecule has 0 amide bonds. The molecule has 4 heterocycles. The third-order valence-electron chi connectivity index (χ3n) is 4.78. The van der Waals surface area contributed by atoms with E-state index in [4.69, 9.17) is 0 Å². The van der Waals surface area contributed by atoms with Gasteiger partial charge in [0.15, 0.2) is 0 Å². The zero-order chi connectivity index (χ0) is 19.3. The summed E-state index contributed by atoms with van der Waals surface area (Å²) in [5.41, 5.74) is 1.86. The number of benzene rings is 1. The Kier molecular flexibility index (Phi) is 3.55. The van der Waals surface area contributed by atoms with Crippen LogP contribution in [0.15, 0.2) is 76.3 Å². The van der Waals surface area contributed by atoms with Crippen molar-refractivity contribution in [3.8, 4) is 0 Å². The second kappa shape index (κ2) is 5.98. The van der Waals surface area contributed by atoms with Crippen LogP contribution in [0.5, 0.6) is 0 Å². The molecule has 6 nitrogen and oxygen atoms in total. The van der Waals surface area contributed by atoms with Crippen LogP contribution in [-0.4, -0.2) is 37.9 Å². The predicted octanol–water partition coefficient (Wildman–Crippen LogP) is 3.30. The SMILES string of the molecule is Cn1cc(C2=NC3C(=NN=C3C(F)(F)c3ccc4ncccc4c3)C=C2)cn1. The molecule has 1 aromatic carbocycles. The Bertz CT molecular complexity index is 1220. The summed E-state index contributed by atoms with van der Waals surface area (Å²) < 4.78 is 32.4. The predicted molar refractivity (Wildman–Crippen MR) is 103 cm³/mol. The van der Waals surface area contributed by atoms with E-state index in [1.807, 2.05) is 0 Å². The molecule has 2 aliphatic rings. The van der Waals surface area contributed by atoms with Gasteiger partial charge in [0, 0.05) is 36.0 Å². The molecular formula is C20H14F2N6. The summed E-state index contributed by atoms with van der Waals surface area (Å²) in [6.45, 7) is 0. The number of hydrogen-bond acceptors (Lipinski definition) is 5. The fourth-order valence-corrected chi connectivity index (χ4v) is 3.34. The highest BCUT2D eigenvalue weighted by Crippen LogP contribution is 2.36. The summed E-state index contributed by atoms with van der Waals surface area (Å²) in [4.78, 5) is 8.66. The van der Waals surface area contributed by atoms with E-state index in [0.29, 0.717) is 22.3 Å². The van der Waals surface area contributed by atoms with Crippen LogP contribution in [0, 0.1) is 0 Å². The Labute approximate surface area is 158 Å². The number of nitrogens with zero attached hydrogens (tertiary/aromatic N) is 6. The van der Waals surface area contributed by atoms with Crippen LogP contribution in [0.1, 0.15) is 11.1 Å². The Balaban J connectivity index is 1.53. The lowest BCUT2D eigenvalue weighted by Gasteiger charge is -2.22. The first-order valence-corrected chi connectivity index (χ1v) is 8.66. The molecule has 2 aliphatic heterocycles. The second-order valence-corrected chi connectivity index (χ2v) is 6.65. The summed E-state index contributed by atoms with van der Waals surface area (Å²) in [5.74, 6) is -3.31. The molecule has 28 heavy (non-hydrogen) atoms. The van der Waals surface area contributed by atoms with Crippen molar-refractivity contribution in [2.75, 3.05) is 0 Å². The number of fused-ring (bicyclic) bond motifs is 2. The maximum absolute atomic E-state index is 15.4. The van der Waals surface area contributed by atoms with Gasteiger partial charge in [-0.1, -0.05) is 12.1 Å². The minimum Gasteiger partial charge on any atom is -0.275 e. The molecule has 2 aromatic heterocycles. The average molecular weight is 376 g/mol. The van der Waals surface area contributed by atoms with E-state index in [-0.39, 0.29) is 11.3 Å². The van der Waals surface area contributed by atoms with Gasteiger partial charge in [-0.3, -0.25) is 14.7 Å². The molecule has 0 saturated heterocycles. The monoisotopic (exact) mass is 376 g/mol. The highest BCUT2D eigenvalue weighted by atomic mass is 19.3. The molecule has 138 valence electrons. The van der Waals surface area contributed by atoms with E-state index < -0.39 is 12.0 Å². The Morgan fingerprint density at radius 1 is 1.11 bits per heavy atom. The number of allylic oxidation sites excluding steroid dienone is 1. The number of aryl methyl sites for hydroxylation is 1. The van der Waals surface area contributed by atoms with E-state index in [2.05, 4.69) is 25.3 Å². The lowest BCUT2D eigenvalue weighted by atomic mass is 9.93. The van der Waals surface area contributed by atoms with Crippen LogP contribution in [0.4, 0.5) is 8.78 Å². The van der Waals surface area contributed by atoms with Crippen molar-refractivity contribution in [2.45, 2.75) is 12.0 Å². The first-order chi connectivity index (χ1) is 13.5. The van der Waals surface area contributed by atoms with Gasteiger partial charge in [0.25, 0.3) is 0 Å². The maximum atomic E-state index is 15.4. The van der Waals surface area contributed by atoms with Crippen LogP contribution >= 0.6 is 0 Å². The molecule has 0 fully saturated rings. The molecule has 8 heteroatoms. The van der Waals surface area contributed by atoms with Gasteiger partial charge in [-0.15, -0.1) is 0 Å². The number of pyridine rings is 1. The van der Waals surface area contributed by atoms with E-state index in [1.165, 1.54) is 12.1 Å². The third-order valence-corrected chi connectivity index (χ3v) is 4.78. The number of alkyl halides is 2. The van der Waals surface area contributed by atoms with Crippen molar-refractivity contribution in [3.05, 3.63) is 72.2 Å². The van der Waals surface area contributed by atoms with Gasteiger partial charge in [0.05, 0.1) is 23.1 Å². The number of hydrogen-bond donors (Lipinski definition) is 0. The van der Waals surface area contributed by atoms with Crippen molar-refractivity contribution in [1.82, 2.24) is 14.8 Å². The minimum absolute atomic E-state index is 0.157. The molecule has 0 N–H and O–H groups in total. The molecule has 0 spiro atoms. The summed E-state index contributed by atoms with van der Waals surface area (Å²) in [6.07, 6.45) is 8.48. The van der Waals surface area contributed by atoms with Crippen LogP contribution in [-0.2, 0) is 13.0 Å². The van der Waals surface area contributed by atoms with E-state index in [9.17, 15) is 0 Å². The van der Waals surface area contributed by atoms with E-state index >= 15 is 8.78 Å². The van der Waals surface area contributed by atoms with Crippen LogP contribution in [0.2, 0.25) is 0 Å². The van der Waals surface area contributed by atoms with Crippen molar-refractivity contribution in [3.63, 3.8) is 0 Å². The molecule has 1 atom stereocenters. The number of aromatic nitrogens is 3. The molecule has 0 bridgehead atoms. The molecule has 5 rings (SSSR count). The van der Waals surface area contributed by atoms with E-state index in [1.54, 1.807) is 60.7 Å². The number of halogens is 2. The van der Waals surface area contributed by atoms with Gasteiger partial charge >= 0.3 is 5.92 Å². The molecule has 0 radical (unpaired) electrons. The standard InChI is InChI=1S/C20H14F2N6/c1-28-11-13(10-24-28)16-6-7-17-18(25-16)19(27-26-17)20(21,22)14-4-5-15-12(9-14)3-2-8-23-15/h2-11,18H,1H3. The van der Waals surface area contributed by atoms with E-state index in [0.717, 1.165) is 5.56 Å². The quantitative estimate of drug-likeness (QED) is 0.704. The molecule has 1 unspecified atom stereocenters. The Morgan fingerprint density at radius 2 is 2.00 bits per heavy atom. The van der Waals surface area contributed by atoms with Gasteiger partial charge in [-0.2, -0.15) is 24.1 Å². The average Bonchev–Trinajstić information content (AvgIpc) is 3.33. The maximum Gasteiger partial charge on any atom is 0.315 e. The normalized spacial score (nSPS) is 18.7. The Hall–Kier alpha value is -3.55. The number of dihydropyridines is 1. The summed E-state index contributed by atoms with van der Waals surface area (Å²) in [6, 6.07) is 6.95. The summed E-state index contributed by atoms with van der Waals surface area (Å²) >= 11 is 0. The number of aliphatic imine (C=N–C) groups is 1. The van der Waals surface area contributed by atoms with Crippen molar-refractivity contribution in [2.24, 2.45) is 22.2 Å². The minimum atomic E-state index is -3.31. The summed E-state index contributed by atoms with van der Waals surface area (Å²) in [7, 11) is 1.79. The van der Waals surface area contributed by atoms with Gasteiger partial charge in [-0.05, 0) is 30.4 Å². The lowest BCUT2D eigenvalue weighted by molar-refractivity contribution is 0.0739. The van der Waals surface area contributed by atoms with Crippen molar-refractivity contribution in [1.29, 1.82) is 0 Å². The summed E-state index contributed by atoms with van der Waals surface area (Å²) in [5, 5.41) is 12.5. The van der Waals surface area contributed by atoms with Gasteiger partial charge in [-0.25, -0.2) is 0 Å². The highest BCUT2D eigenvalue weighted by molar-refractivity contribution is 6.26. The van der Waals surface area contributed by atoms with Crippen molar-refractivity contribution < 1.29 is 8.78 Å². The van der Waals surface area contributed by atoms with Crippen molar-refractivity contribution >= 4 is 28.0 Å². The van der Waals surface area contributed by atoms with Crippen LogP contribution in [0.3, 0.4) is 0 Å². The van der Waals surface area contributed by atoms with Crippen LogP contribution in [0.25, 0.3) is 10.9 Å². The molecule has 3 aromatic rings. The third kappa shape index (κ3) is 2.57. The molecule has 0 saturated carbocycles. The highest BCUT2D eigenvalue weighted by Gasteiger charge is 2.47.